The highest BCUT2D eigenvalue weighted by atomic mass is 127. The number of rotatable bonds is 8. The van der Waals surface area contributed by atoms with E-state index < -0.39 is 0 Å². The standard InChI is InChI=1S/C15H25N3O2.HI/c1-12(2)8-9-17-15(16)18-10-11-20-14-6-4-13(19-3)5-7-14;/h4-7,12H,8-11H2,1-3H3,(H3,16,17,18);1H. The van der Waals surface area contributed by atoms with Crippen molar-refractivity contribution in [2.75, 3.05) is 26.8 Å². The molecule has 0 aliphatic rings. The number of methoxy groups -OCH3 is 1. The van der Waals surface area contributed by atoms with Crippen molar-refractivity contribution < 1.29 is 9.47 Å². The number of nitrogens with zero attached hydrogens (tertiary/aromatic N) is 1. The van der Waals surface area contributed by atoms with Crippen LogP contribution in [0.5, 0.6) is 11.5 Å². The van der Waals surface area contributed by atoms with Crippen LogP contribution >= 0.6 is 24.0 Å². The highest BCUT2D eigenvalue weighted by molar-refractivity contribution is 14.0. The minimum absolute atomic E-state index is 0. The first kappa shape index (κ1) is 19.8. The summed E-state index contributed by atoms with van der Waals surface area (Å²) in [5, 5.41) is 3.03. The third kappa shape index (κ3) is 9.38. The molecular formula is C15H26IN3O2. The zero-order chi connectivity index (χ0) is 14.8. The molecule has 21 heavy (non-hydrogen) atoms. The van der Waals surface area contributed by atoms with Gasteiger partial charge in [0.1, 0.15) is 18.1 Å². The zero-order valence-corrected chi connectivity index (χ0v) is 15.3. The Morgan fingerprint density at radius 3 is 2.43 bits per heavy atom. The summed E-state index contributed by atoms with van der Waals surface area (Å²) in [6.07, 6.45) is 1.05. The smallest absolute Gasteiger partial charge is 0.188 e. The molecule has 0 fully saturated rings. The first-order valence-electron chi connectivity index (χ1n) is 6.92. The van der Waals surface area contributed by atoms with Gasteiger partial charge in [-0.2, -0.15) is 0 Å². The Bertz CT molecular complexity index is 408. The van der Waals surface area contributed by atoms with E-state index in [0.29, 0.717) is 25.0 Å². The van der Waals surface area contributed by atoms with Crippen molar-refractivity contribution in [3.63, 3.8) is 0 Å². The maximum atomic E-state index is 5.74. The van der Waals surface area contributed by atoms with E-state index >= 15 is 0 Å². The Balaban J connectivity index is 0.00000400. The third-order valence-electron chi connectivity index (χ3n) is 2.72. The lowest BCUT2D eigenvalue weighted by Crippen LogP contribution is -2.34. The van der Waals surface area contributed by atoms with Gasteiger partial charge < -0.3 is 20.5 Å². The van der Waals surface area contributed by atoms with Crippen molar-refractivity contribution in [2.45, 2.75) is 20.3 Å². The second kappa shape index (κ2) is 11.5. The van der Waals surface area contributed by atoms with Crippen LogP contribution in [0.1, 0.15) is 20.3 Å². The molecule has 3 N–H and O–H groups in total. The quantitative estimate of drug-likeness (QED) is 0.301. The lowest BCUT2D eigenvalue weighted by atomic mass is 10.1. The van der Waals surface area contributed by atoms with E-state index in [2.05, 4.69) is 24.2 Å². The molecule has 1 rings (SSSR count). The van der Waals surface area contributed by atoms with Crippen molar-refractivity contribution in [1.82, 2.24) is 5.32 Å². The van der Waals surface area contributed by atoms with Gasteiger partial charge in [-0.1, -0.05) is 13.8 Å². The van der Waals surface area contributed by atoms with Crippen LogP contribution < -0.4 is 20.5 Å². The van der Waals surface area contributed by atoms with Gasteiger partial charge in [-0.15, -0.1) is 24.0 Å². The average molecular weight is 407 g/mol. The summed E-state index contributed by atoms with van der Waals surface area (Å²) in [6, 6.07) is 7.48. The monoisotopic (exact) mass is 407 g/mol. The minimum Gasteiger partial charge on any atom is -0.497 e. The van der Waals surface area contributed by atoms with E-state index in [0.717, 1.165) is 24.5 Å². The Morgan fingerprint density at radius 1 is 1.24 bits per heavy atom. The van der Waals surface area contributed by atoms with Gasteiger partial charge >= 0.3 is 0 Å². The minimum atomic E-state index is 0. The molecule has 0 spiro atoms. The number of guanidine groups is 1. The fourth-order valence-corrected chi connectivity index (χ4v) is 1.52. The lowest BCUT2D eigenvalue weighted by Gasteiger charge is -2.09. The molecule has 0 amide bonds. The van der Waals surface area contributed by atoms with Gasteiger partial charge in [-0.3, -0.25) is 4.99 Å². The maximum Gasteiger partial charge on any atom is 0.188 e. The summed E-state index contributed by atoms with van der Waals surface area (Å²) in [5.41, 5.74) is 5.74. The van der Waals surface area contributed by atoms with Gasteiger partial charge in [0.05, 0.1) is 13.7 Å². The van der Waals surface area contributed by atoms with E-state index in [1.54, 1.807) is 7.11 Å². The van der Waals surface area contributed by atoms with Crippen molar-refractivity contribution in [2.24, 2.45) is 16.6 Å². The summed E-state index contributed by atoms with van der Waals surface area (Å²) < 4.78 is 10.7. The fraction of sp³-hybridized carbons (Fsp3) is 0.533. The molecule has 0 radical (unpaired) electrons. The van der Waals surface area contributed by atoms with Crippen LogP contribution in [0.25, 0.3) is 0 Å². The summed E-state index contributed by atoms with van der Waals surface area (Å²) in [4.78, 5) is 4.24. The molecule has 0 aliphatic heterocycles. The number of benzene rings is 1. The van der Waals surface area contributed by atoms with Gasteiger partial charge in [0.15, 0.2) is 5.96 Å². The van der Waals surface area contributed by atoms with E-state index in [1.165, 1.54) is 0 Å². The second-order valence-electron chi connectivity index (χ2n) is 4.90. The molecule has 1 aromatic carbocycles. The molecule has 0 saturated heterocycles. The summed E-state index contributed by atoms with van der Waals surface area (Å²) in [7, 11) is 1.64. The maximum absolute atomic E-state index is 5.74. The molecule has 0 saturated carbocycles. The van der Waals surface area contributed by atoms with Crippen LogP contribution in [-0.4, -0.2) is 32.8 Å². The normalized spacial score (nSPS) is 11.0. The number of hydrogen-bond acceptors (Lipinski definition) is 3. The third-order valence-corrected chi connectivity index (χ3v) is 2.72. The Labute approximate surface area is 144 Å². The van der Waals surface area contributed by atoms with Crippen molar-refractivity contribution >= 4 is 29.9 Å². The van der Waals surface area contributed by atoms with Crippen LogP contribution in [0.4, 0.5) is 0 Å². The van der Waals surface area contributed by atoms with E-state index in [-0.39, 0.29) is 24.0 Å². The van der Waals surface area contributed by atoms with E-state index in [4.69, 9.17) is 15.2 Å². The van der Waals surface area contributed by atoms with Gasteiger partial charge in [-0.05, 0) is 36.6 Å². The molecule has 0 atom stereocenters. The molecule has 0 heterocycles. The summed E-state index contributed by atoms with van der Waals surface area (Å²) in [6.45, 7) is 6.26. The topological polar surface area (TPSA) is 68.9 Å². The number of ether oxygens (including phenoxy) is 2. The van der Waals surface area contributed by atoms with Crippen LogP contribution in [0, 0.1) is 5.92 Å². The highest BCUT2D eigenvalue weighted by Gasteiger charge is 1.96. The predicted molar refractivity (Wildman–Crippen MR) is 97.9 cm³/mol. The zero-order valence-electron chi connectivity index (χ0n) is 13.0. The SMILES string of the molecule is COc1ccc(OCCNC(N)=NCCC(C)C)cc1.I. The average Bonchev–Trinajstić information content (AvgIpc) is 2.44. The van der Waals surface area contributed by atoms with Crippen LogP contribution in [0.2, 0.25) is 0 Å². The van der Waals surface area contributed by atoms with Gasteiger partial charge in [0.25, 0.3) is 0 Å². The van der Waals surface area contributed by atoms with Crippen LogP contribution in [0.3, 0.4) is 0 Å². The second-order valence-corrected chi connectivity index (χ2v) is 4.90. The predicted octanol–water partition coefficient (Wildman–Crippen LogP) is 2.64. The molecule has 5 nitrogen and oxygen atoms in total. The number of halogens is 1. The molecule has 1 aromatic rings. The number of nitrogens with two attached hydrogens (primary N) is 1. The molecule has 0 aliphatic carbocycles. The van der Waals surface area contributed by atoms with Crippen molar-refractivity contribution in [1.29, 1.82) is 0 Å². The van der Waals surface area contributed by atoms with Gasteiger partial charge in [0.2, 0.25) is 0 Å². The first-order valence-corrected chi connectivity index (χ1v) is 6.92. The van der Waals surface area contributed by atoms with Crippen LogP contribution in [-0.2, 0) is 0 Å². The number of aliphatic imine (C=N–C) groups is 1. The largest absolute Gasteiger partial charge is 0.497 e. The number of hydrogen-bond donors (Lipinski definition) is 2. The van der Waals surface area contributed by atoms with E-state index in [1.807, 2.05) is 24.3 Å². The number of nitrogens with one attached hydrogen (secondary N) is 1. The molecular weight excluding hydrogens is 381 g/mol. The van der Waals surface area contributed by atoms with Crippen molar-refractivity contribution in [3.8, 4) is 11.5 Å². The fourth-order valence-electron chi connectivity index (χ4n) is 1.52. The van der Waals surface area contributed by atoms with Gasteiger partial charge in [-0.25, -0.2) is 0 Å². The first-order chi connectivity index (χ1) is 9.61. The molecule has 120 valence electrons. The van der Waals surface area contributed by atoms with E-state index in [9.17, 15) is 0 Å². The molecule has 0 bridgehead atoms. The molecule has 0 unspecified atom stereocenters. The van der Waals surface area contributed by atoms with Gasteiger partial charge in [0, 0.05) is 6.54 Å². The Morgan fingerprint density at radius 2 is 1.86 bits per heavy atom. The molecule has 6 heteroatoms. The highest BCUT2D eigenvalue weighted by Crippen LogP contribution is 2.16. The summed E-state index contributed by atoms with van der Waals surface area (Å²) in [5.74, 6) is 2.74. The van der Waals surface area contributed by atoms with Crippen molar-refractivity contribution in [3.05, 3.63) is 24.3 Å². The lowest BCUT2D eigenvalue weighted by molar-refractivity contribution is 0.321. The molecule has 0 aromatic heterocycles. The van der Waals surface area contributed by atoms with Crippen LogP contribution in [0.15, 0.2) is 29.3 Å². The Kier molecular flexibility index (Phi) is 10.8. The summed E-state index contributed by atoms with van der Waals surface area (Å²) >= 11 is 0. The Hall–Kier alpha value is -1.18.